The first-order valence-corrected chi connectivity index (χ1v) is 12.4. The summed E-state index contributed by atoms with van der Waals surface area (Å²) in [6, 6.07) is 9.70. The molecular formula is C21H29BrN3O5P. The Hall–Kier alpha value is -1.80. The maximum absolute atomic E-state index is 13.5. The van der Waals surface area contributed by atoms with Crippen LogP contribution in [0.2, 0.25) is 0 Å². The fraction of sp³-hybridized carbons (Fsp3) is 0.476. The predicted octanol–water partition coefficient (Wildman–Crippen LogP) is 5.18. The van der Waals surface area contributed by atoms with E-state index in [0.717, 1.165) is 5.56 Å². The van der Waals surface area contributed by atoms with Gasteiger partial charge in [-0.25, -0.2) is 14.8 Å². The first-order valence-electron chi connectivity index (χ1n) is 10.0. The zero-order valence-electron chi connectivity index (χ0n) is 18.4. The third-order valence-corrected chi connectivity index (χ3v) is 6.46. The van der Waals surface area contributed by atoms with Crippen LogP contribution in [0.4, 0.5) is 5.82 Å². The summed E-state index contributed by atoms with van der Waals surface area (Å²) >= 11 is 3.34. The molecule has 0 aliphatic carbocycles. The normalized spacial score (nSPS) is 13.0. The van der Waals surface area contributed by atoms with E-state index in [1.807, 2.05) is 30.3 Å². The van der Waals surface area contributed by atoms with Crippen molar-refractivity contribution in [2.45, 2.75) is 52.4 Å². The Morgan fingerprint density at radius 2 is 1.77 bits per heavy atom. The highest BCUT2D eigenvalue weighted by Gasteiger charge is 2.44. The van der Waals surface area contributed by atoms with E-state index in [9.17, 15) is 9.36 Å². The van der Waals surface area contributed by atoms with Crippen molar-refractivity contribution < 1.29 is 23.1 Å². The van der Waals surface area contributed by atoms with Crippen molar-refractivity contribution in [2.24, 2.45) is 0 Å². The second-order valence-corrected chi connectivity index (χ2v) is 10.5. The van der Waals surface area contributed by atoms with Crippen LogP contribution >= 0.6 is 23.5 Å². The van der Waals surface area contributed by atoms with Crippen molar-refractivity contribution in [3.8, 4) is 0 Å². The highest BCUT2D eigenvalue weighted by atomic mass is 79.9. The lowest BCUT2D eigenvalue weighted by molar-refractivity contribution is -0.154. The number of aromatic nitrogens is 2. The molecule has 1 aromatic carbocycles. The lowest BCUT2D eigenvalue weighted by Gasteiger charge is -2.29. The largest absolute Gasteiger partial charge is 0.458 e. The molecule has 10 heteroatoms. The number of esters is 1. The number of carbonyl (C=O) groups excluding carboxylic acids is 1. The van der Waals surface area contributed by atoms with Crippen LogP contribution in [0.3, 0.4) is 0 Å². The molecule has 0 saturated carbocycles. The van der Waals surface area contributed by atoms with Gasteiger partial charge in [-0.1, -0.05) is 30.3 Å². The molecule has 1 unspecified atom stereocenters. The lowest BCUT2D eigenvalue weighted by atomic mass is 10.1. The molecule has 1 N–H and O–H groups in total. The Balaban J connectivity index is 2.46. The van der Waals surface area contributed by atoms with E-state index in [-0.39, 0.29) is 13.2 Å². The van der Waals surface area contributed by atoms with E-state index in [2.05, 4.69) is 31.2 Å². The highest BCUT2D eigenvalue weighted by Crippen LogP contribution is 2.53. The van der Waals surface area contributed by atoms with E-state index in [0.29, 0.717) is 22.5 Å². The molecule has 0 amide bonds. The van der Waals surface area contributed by atoms with Crippen LogP contribution in [0.1, 0.15) is 45.9 Å². The van der Waals surface area contributed by atoms with Gasteiger partial charge in [0, 0.05) is 6.42 Å². The van der Waals surface area contributed by atoms with Gasteiger partial charge in [0.1, 0.15) is 16.0 Å². The molecule has 2 aromatic rings. The van der Waals surface area contributed by atoms with E-state index >= 15 is 0 Å². The topological polar surface area (TPSA) is 99.6 Å². The van der Waals surface area contributed by atoms with Crippen molar-refractivity contribution >= 4 is 35.3 Å². The number of nitrogens with zero attached hydrogens (tertiary/aromatic N) is 2. The van der Waals surface area contributed by atoms with Crippen molar-refractivity contribution in [2.75, 3.05) is 18.5 Å². The monoisotopic (exact) mass is 513 g/mol. The number of anilines is 1. The maximum Gasteiger partial charge on any atom is 0.364 e. The third-order valence-electron chi connectivity index (χ3n) is 3.87. The molecule has 0 saturated heterocycles. The molecule has 0 bridgehead atoms. The predicted molar refractivity (Wildman–Crippen MR) is 123 cm³/mol. The van der Waals surface area contributed by atoms with E-state index in [4.69, 9.17) is 13.8 Å². The summed E-state index contributed by atoms with van der Waals surface area (Å²) in [4.78, 5) is 21.9. The number of carbonyl (C=O) groups is 1. The molecule has 1 atom stereocenters. The summed E-state index contributed by atoms with van der Waals surface area (Å²) in [7, 11) is -3.92. The number of hydrogen-bond donors (Lipinski definition) is 1. The Kier molecular flexibility index (Phi) is 9.18. The summed E-state index contributed by atoms with van der Waals surface area (Å²) in [6.45, 7) is 8.75. The fourth-order valence-electron chi connectivity index (χ4n) is 2.74. The SMILES string of the molecule is CCOP(=O)(OCC)C(Nc1ncc(Br)nc1Cc1ccccc1)C(=O)OC(C)(C)C. The van der Waals surface area contributed by atoms with Gasteiger partial charge in [-0.3, -0.25) is 4.57 Å². The molecule has 2 rings (SSSR count). The van der Waals surface area contributed by atoms with E-state index in [1.54, 1.807) is 34.6 Å². The Labute approximate surface area is 191 Å². The lowest BCUT2D eigenvalue weighted by Crippen LogP contribution is -2.38. The second kappa shape index (κ2) is 11.2. The smallest absolute Gasteiger partial charge is 0.364 e. The molecule has 0 aliphatic heterocycles. The average Bonchev–Trinajstić information content (AvgIpc) is 2.67. The number of ether oxygens (including phenoxy) is 1. The first-order chi connectivity index (χ1) is 14.6. The Bertz CT molecular complexity index is 911. The summed E-state index contributed by atoms with van der Waals surface area (Å²) in [5, 5.41) is 2.95. The molecule has 1 aromatic heterocycles. The minimum absolute atomic E-state index is 0.0984. The Morgan fingerprint density at radius 3 is 2.32 bits per heavy atom. The highest BCUT2D eigenvalue weighted by molar-refractivity contribution is 9.10. The van der Waals surface area contributed by atoms with Gasteiger partial charge in [0.05, 0.1) is 25.1 Å². The van der Waals surface area contributed by atoms with Gasteiger partial charge in [-0.15, -0.1) is 0 Å². The Morgan fingerprint density at radius 1 is 1.16 bits per heavy atom. The molecular weight excluding hydrogens is 485 g/mol. The average molecular weight is 514 g/mol. The summed E-state index contributed by atoms with van der Waals surface area (Å²) in [5.41, 5.74) is 0.775. The van der Waals surface area contributed by atoms with Crippen LogP contribution in [0.15, 0.2) is 41.1 Å². The zero-order chi connectivity index (χ0) is 23.1. The third kappa shape index (κ3) is 7.68. The minimum atomic E-state index is -3.92. The summed E-state index contributed by atoms with van der Waals surface area (Å²) in [5.74, 6) is -1.87. The maximum atomic E-state index is 13.5. The fourth-order valence-corrected chi connectivity index (χ4v) is 4.74. The summed E-state index contributed by atoms with van der Waals surface area (Å²) in [6.07, 6.45) is 1.94. The van der Waals surface area contributed by atoms with Crippen LogP contribution in [-0.2, 0) is 29.6 Å². The molecule has 0 radical (unpaired) electrons. The van der Waals surface area contributed by atoms with E-state index in [1.165, 1.54) is 6.20 Å². The number of rotatable bonds is 10. The standard InChI is InChI=1S/C21H29BrN3O5P/c1-6-28-31(27,29-7-2)19(20(26)30-21(3,4)5)25-18-16(24-17(22)14-23-18)13-15-11-9-8-10-12-15/h8-12,14,19H,6-7,13H2,1-5H3,(H,23,25). The van der Waals surface area contributed by atoms with Gasteiger partial charge in [0.25, 0.3) is 0 Å². The second-order valence-electron chi connectivity index (χ2n) is 7.61. The van der Waals surface area contributed by atoms with Gasteiger partial charge in [0.2, 0.25) is 5.78 Å². The molecule has 0 aliphatic rings. The number of hydrogen-bond acceptors (Lipinski definition) is 8. The molecule has 31 heavy (non-hydrogen) atoms. The van der Waals surface area contributed by atoms with Gasteiger partial charge >= 0.3 is 13.6 Å². The molecule has 8 nitrogen and oxygen atoms in total. The number of nitrogens with one attached hydrogen (secondary N) is 1. The summed E-state index contributed by atoms with van der Waals surface area (Å²) < 4.78 is 30.4. The van der Waals surface area contributed by atoms with Crippen LogP contribution < -0.4 is 5.32 Å². The number of halogens is 1. The molecule has 170 valence electrons. The van der Waals surface area contributed by atoms with Gasteiger partial charge < -0.3 is 19.1 Å². The van der Waals surface area contributed by atoms with Crippen LogP contribution in [0.25, 0.3) is 0 Å². The van der Waals surface area contributed by atoms with Crippen LogP contribution in [0, 0.1) is 0 Å². The van der Waals surface area contributed by atoms with Crippen molar-refractivity contribution in [1.29, 1.82) is 0 Å². The van der Waals surface area contributed by atoms with Crippen molar-refractivity contribution in [3.63, 3.8) is 0 Å². The van der Waals surface area contributed by atoms with Crippen molar-refractivity contribution in [3.05, 3.63) is 52.4 Å². The minimum Gasteiger partial charge on any atom is -0.458 e. The van der Waals surface area contributed by atoms with Gasteiger partial charge in [-0.2, -0.15) is 0 Å². The van der Waals surface area contributed by atoms with Gasteiger partial charge in [0.15, 0.2) is 0 Å². The van der Waals surface area contributed by atoms with Crippen LogP contribution in [-0.4, -0.2) is 40.5 Å². The van der Waals surface area contributed by atoms with Gasteiger partial charge in [-0.05, 0) is 56.1 Å². The van der Waals surface area contributed by atoms with E-state index < -0.39 is 24.9 Å². The van der Waals surface area contributed by atoms with Crippen molar-refractivity contribution in [1.82, 2.24) is 9.97 Å². The molecule has 1 heterocycles. The molecule has 0 fully saturated rings. The number of benzene rings is 1. The molecule has 0 spiro atoms. The first kappa shape index (κ1) is 25.5. The zero-order valence-corrected chi connectivity index (χ0v) is 20.9. The van der Waals surface area contributed by atoms with Crippen LogP contribution in [0.5, 0.6) is 0 Å². The quantitative estimate of drug-likeness (QED) is 0.342.